The fraction of sp³-hybridized carbons (Fsp3) is 0.448. The van der Waals surface area contributed by atoms with Crippen LogP contribution in [0, 0.1) is 25.6 Å². The summed E-state index contributed by atoms with van der Waals surface area (Å²) < 4.78 is 20.4. The fourth-order valence-electron chi connectivity index (χ4n) is 5.02. The van der Waals surface area contributed by atoms with Gasteiger partial charge in [0.15, 0.2) is 0 Å². The number of anilines is 1. The first kappa shape index (κ1) is 28.6. The minimum absolute atomic E-state index is 0.00979. The highest BCUT2D eigenvalue weighted by atomic mass is 32.1. The SMILES string of the molecule is CCCCN(C(=O)c1ccccc1F)c1nnc(-c2cc(C)c(OCCN[C@H]3CCC[C@@H]3C(=O)O)c(C)c2)s1. The average molecular weight is 555 g/mol. The van der Waals surface area contributed by atoms with Crippen molar-refractivity contribution >= 4 is 28.3 Å². The molecule has 4 rings (SSSR count). The molecule has 1 aromatic heterocycles. The summed E-state index contributed by atoms with van der Waals surface area (Å²) in [7, 11) is 0. The first-order valence-electron chi connectivity index (χ1n) is 13.4. The van der Waals surface area contributed by atoms with Crippen LogP contribution < -0.4 is 15.0 Å². The van der Waals surface area contributed by atoms with E-state index in [4.69, 9.17) is 4.74 Å². The van der Waals surface area contributed by atoms with E-state index >= 15 is 0 Å². The van der Waals surface area contributed by atoms with Crippen molar-refractivity contribution in [1.29, 1.82) is 0 Å². The zero-order valence-electron chi connectivity index (χ0n) is 22.6. The molecule has 1 heterocycles. The van der Waals surface area contributed by atoms with Crippen molar-refractivity contribution in [1.82, 2.24) is 15.5 Å². The number of aliphatic carboxylic acids is 1. The summed E-state index contributed by atoms with van der Waals surface area (Å²) in [6.07, 6.45) is 4.15. The Labute approximate surface area is 232 Å². The van der Waals surface area contributed by atoms with Crippen LogP contribution in [0.25, 0.3) is 10.6 Å². The Hall–Kier alpha value is -3.37. The first-order valence-corrected chi connectivity index (χ1v) is 14.2. The van der Waals surface area contributed by atoms with Crippen LogP contribution in [0.4, 0.5) is 9.52 Å². The number of aryl methyl sites for hydroxylation is 2. The van der Waals surface area contributed by atoms with Gasteiger partial charge in [-0.15, -0.1) is 10.2 Å². The Balaban J connectivity index is 1.45. The largest absolute Gasteiger partial charge is 0.492 e. The lowest BCUT2D eigenvalue weighted by atomic mass is 10.0. The number of carboxylic acid groups (broad SMARTS) is 1. The van der Waals surface area contributed by atoms with Crippen molar-refractivity contribution in [2.24, 2.45) is 5.92 Å². The van der Waals surface area contributed by atoms with E-state index in [1.807, 2.05) is 32.9 Å². The molecule has 10 heteroatoms. The normalized spacial score (nSPS) is 16.8. The topological polar surface area (TPSA) is 105 Å². The Morgan fingerprint density at radius 3 is 2.62 bits per heavy atom. The van der Waals surface area contributed by atoms with Gasteiger partial charge in [0, 0.05) is 24.7 Å². The number of ether oxygens (including phenoxy) is 1. The lowest BCUT2D eigenvalue weighted by Gasteiger charge is -2.19. The minimum Gasteiger partial charge on any atom is -0.492 e. The summed E-state index contributed by atoms with van der Waals surface area (Å²) in [6, 6.07) is 9.92. The van der Waals surface area contributed by atoms with Crippen molar-refractivity contribution in [3.05, 3.63) is 58.9 Å². The van der Waals surface area contributed by atoms with Crippen LogP contribution in [-0.2, 0) is 4.79 Å². The van der Waals surface area contributed by atoms with Gasteiger partial charge in [-0.1, -0.05) is 43.2 Å². The van der Waals surface area contributed by atoms with Gasteiger partial charge >= 0.3 is 5.97 Å². The van der Waals surface area contributed by atoms with Crippen LogP contribution in [-0.4, -0.2) is 52.9 Å². The summed E-state index contributed by atoms with van der Waals surface area (Å²) in [5.41, 5.74) is 2.76. The van der Waals surface area contributed by atoms with Crippen LogP contribution in [0.5, 0.6) is 5.75 Å². The minimum atomic E-state index is -0.738. The van der Waals surface area contributed by atoms with Crippen LogP contribution in [0.1, 0.15) is 60.5 Å². The van der Waals surface area contributed by atoms with Gasteiger partial charge in [0.05, 0.1) is 11.5 Å². The molecule has 0 unspecified atom stereocenters. The zero-order valence-corrected chi connectivity index (χ0v) is 23.4. The third-order valence-electron chi connectivity index (χ3n) is 7.03. The Morgan fingerprint density at radius 1 is 1.18 bits per heavy atom. The number of rotatable bonds is 12. The average Bonchev–Trinajstić information content (AvgIpc) is 3.58. The maximum absolute atomic E-state index is 14.4. The summed E-state index contributed by atoms with van der Waals surface area (Å²) >= 11 is 1.30. The lowest BCUT2D eigenvalue weighted by Crippen LogP contribution is -2.38. The molecule has 1 fully saturated rings. The van der Waals surface area contributed by atoms with Gasteiger partial charge < -0.3 is 15.2 Å². The van der Waals surface area contributed by atoms with Crippen molar-refractivity contribution in [3.63, 3.8) is 0 Å². The van der Waals surface area contributed by atoms with E-state index in [1.165, 1.54) is 28.4 Å². The molecule has 1 aliphatic carbocycles. The summed E-state index contributed by atoms with van der Waals surface area (Å²) in [5.74, 6) is -1.27. The Bertz CT molecular complexity index is 1290. The quantitative estimate of drug-likeness (QED) is 0.280. The third-order valence-corrected chi connectivity index (χ3v) is 8.02. The molecule has 1 saturated carbocycles. The molecular weight excluding hydrogens is 519 g/mol. The maximum Gasteiger partial charge on any atom is 0.308 e. The molecule has 2 aromatic carbocycles. The van der Waals surface area contributed by atoms with Gasteiger partial charge in [-0.3, -0.25) is 14.5 Å². The molecule has 0 bridgehead atoms. The zero-order chi connectivity index (χ0) is 27.9. The number of hydrogen-bond donors (Lipinski definition) is 2. The number of unbranched alkanes of at least 4 members (excludes halogenated alkanes) is 1. The molecule has 8 nitrogen and oxygen atoms in total. The van der Waals surface area contributed by atoms with Gasteiger partial charge in [0.25, 0.3) is 5.91 Å². The highest BCUT2D eigenvalue weighted by Gasteiger charge is 2.32. The monoisotopic (exact) mass is 554 g/mol. The standard InChI is InChI=1S/C29H35FN4O4S/c1-4-5-14-34(27(35)21-9-6-7-11-23(21)30)29-33-32-26(39-29)20-16-18(2)25(19(3)17-20)38-15-13-31-24-12-8-10-22(24)28(36)37/h6-7,9,11,16-17,22,24,31H,4-5,8,10,12-15H2,1-3H3,(H,36,37)/t22-,24-/m0/s1. The molecular formula is C29H35FN4O4S. The van der Waals surface area contributed by atoms with Gasteiger partial charge in [-0.25, -0.2) is 4.39 Å². The van der Waals surface area contributed by atoms with Crippen molar-refractivity contribution in [3.8, 4) is 16.3 Å². The van der Waals surface area contributed by atoms with E-state index in [0.29, 0.717) is 36.3 Å². The molecule has 2 atom stereocenters. The third kappa shape index (κ3) is 6.80. The number of nitrogens with zero attached hydrogens (tertiary/aromatic N) is 3. The van der Waals surface area contributed by atoms with E-state index in [-0.39, 0.29) is 17.5 Å². The number of carbonyl (C=O) groups excluding carboxylic acids is 1. The van der Waals surface area contributed by atoms with E-state index in [9.17, 15) is 19.1 Å². The number of aromatic nitrogens is 2. The molecule has 208 valence electrons. The summed E-state index contributed by atoms with van der Waals surface area (Å²) in [4.78, 5) is 26.1. The number of nitrogens with one attached hydrogen (secondary N) is 1. The highest BCUT2D eigenvalue weighted by Crippen LogP contribution is 2.34. The van der Waals surface area contributed by atoms with Crippen LogP contribution in [0.2, 0.25) is 0 Å². The Kier molecular flexibility index (Phi) is 9.63. The maximum atomic E-state index is 14.4. The number of carbonyl (C=O) groups is 2. The predicted octanol–water partition coefficient (Wildman–Crippen LogP) is 5.63. The fourth-order valence-corrected chi connectivity index (χ4v) is 5.88. The predicted molar refractivity (Wildman–Crippen MR) is 150 cm³/mol. The van der Waals surface area contributed by atoms with Gasteiger partial charge in [-0.05, 0) is 68.5 Å². The summed E-state index contributed by atoms with van der Waals surface area (Å²) in [6.45, 7) is 7.38. The van der Waals surface area contributed by atoms with Gasteiger partial charge in [0.2, 0.25) is 5.13 Å². The van der Waals surface area contributed by atoms with E-state index < -0.39 is 17.7 Å². The summed E-state index contributed by atoms with van der Waals surface area (Å²) in [5, 5.41) is 22.4. The van der Waals surface area contributed by atoms with Gasteiger partial charge in [-0.2, -0.15) is 0 Å². The first-order chi connectivity index (χ1) is 18.8. The second kappa shape index (κ2) is 13.1. The van der Waals surface area contributed by atoms with Crippen LogP contribution in [0.15, 0.2) is 36.4 Å². The van der Waals surface area contributed by atoms with Crippen molar-refractivity contribution < 1.29 is 23.8 Å². The van der Waals surface area contributed by atoms with Crippen molar-refractivity contribution in [2.75, 3.05) is 24.6 Å². The molecule has 3 aromatic rings. The smallest absolute Gasteiger partial charge is 0.308 e. The molecule has 2 N–H and O–H groups in total. The van der Waals surface area contributed by atoms with E-state index in [2.05, 4.69) is 15.5 Å². The van der Waals surface area contributed by atoms with E-state index in [0.717, 1.165) is 48.1 Å². The number of benzene rings is 2. The second-order valence-electron chi connectivity index (χ2n) is 9.90. The van der Waals surface area contributed by atoms with Crippen LogP contribution >= 0.6 is 11.3 Å². The lowest BCUT2D eigenvalue weighted by molar-refractivity contribution is -0.142. The number of carboxylic acids is 1. The molecule has 0 aliphatic heterocycles. The molecule has 0 radical (unpaired) electrons. The number of amides is 1. The second-order valence-corrected chi connectivity index (χ2v) is 10.9. The highest BCUT2D eigenvalue weighted by molar-refractivity contribution is 7.18. The molecule has 0 spiro atoms. The number of hydrogen-bond acceptors (Lipinski definition) is 7. The molecule has 0 saturated heterocycles. The Morgan fingerprint density at radius 2 is 1.92 bits per heavy atom. The number of halogens is 1. The van der Waals surface area contributed by atoms with Crippen LogP contribution in [0.3, 0.4) is 0 Å². The van der Waals surface area contributed by atoms with Gasteiger partial charge in [0.1, 0.15) is 23.2 Å². The molecule has 1 amide bonds. The van der Waals surface area contributed by atoms with E-state index in [1.54, 1.807) is 12.1 Å². The molecule has 1 aliphatic rings. The molecule has 39 heavy (non-hydrogen) atoms. The van der Waals surface area contributed by atoms with Crippen molar-refractivity contribution in [2.45, 2.75) is 58.9 Å².